The van der Waals surface area contributed by atoms with E-state index in [2.05, 4.69) is 9.97 Å². The largest absolute Gasteiger partial charge is 0.384 e. The molecule has 1 aromatic carbocycles. The van der Waals surface area contributed by atoms with E-state index < -0.39 is 11.6 Å². The molecule has 2 aromatic heterocycles. The zero-order chi connectivity index (χ0) is 14.8. The van der Waals surface area contributed by atoms with E-state index in [-0.39, 0.29) is 6.54 Å². The minimum atomic E-state index is -0.593. The van der Waals surface area contributed by atoms with Crippen LogP contribution in [0.3, 0.4) is 0 Å². The highest BCUT2D eigenvalue weighted by Gasteiger charge is 2.09. The van der Waals surface area contributed by atoms with Gasteiger partial charge < -0.3 is 10.3 Å². The Balaban J connectivity index is 1.94. The summed E-state index contributed by atoms with van der Waals surface area (Å²) >= 11 is 0. The number of hydrogen-bond acceptors (Lipinski definition) is 3. The molecule has 0 amide bonds. The van der Waals surface area contributed by atoms with Crippen LogP contribution in [-0.2, 0) is 6.54 Å². The van der Waals surface area contributed by atoms with Crippen molar-refractivity contribution >= 4 is 5.82 Å². The Kier molecular flexibility index (Phi) is 3.35. The first-order chi connectivity index (χ1) is 10.1. The molecule has 0 spiro atoms. The van der Waals surface area contributed by atoms with Gasteiger partial charge in [0.15, 0.2) is 0 Å². The van der Waals surface area contributed by atoms with E-state index in [0.29, 0.717) is 11.4 Å². The summed E-state index contributed by atoms with van der Waals surface area (Å²) in [4.78, 5) is 8.10. The predicted octanol–water partition coefficient (Wildman–Crippen LogP) is 2.85. The minimum absolute atomic E-state index is 0.256. The van der Waals surface area contributed by atoms with E-state index in [9.17, 15) is 8.78 Å². The second-order valence-corrected chi connectivity index (χ2v) is 4.61. The molecule has 2 heterocycles. The van der Waals surface area contributed by atoms with Gasteiger partial charge in [0, 0.05) is 23.4 Å². The van der Waals surface area contributed by atoms with Crippen LogP contribution in [0, 0.1) is 11.6 Å². The lowest BCUT2D eigenvalue weighted by Gasteiger charge is -2.09. The molecule has 0 bridgehead atoms. The molecule has 0 aliphatic carbocycles. The number of aromatic nitrogens is 3. The second kappa shape index (κ2) is 5.32. The standard InChI is InChI=1S/C15H12F2N4/c16-12-3-1-11(13(17)5-12)8-21-9-19-7-14(21)10-2-4-15(18)20-6-10/h1-7,9H,8H2,(H2,18,20). The van der Waals surface area contributed by atoms with Gasteiger partial charge in [-0.1, -0.05) is 6.07 Å². The predicted molar refractivity (Wildman–Crippen MR) is 75.3 cm³/mol. The van der Waals surface area contributed by atoms with Crippen LogP contribution in [0.5, 0.6) is 0 Å². The average molecular weight is 286 g/mol. The smallest absolute Gasteiger partial charge is 0.131 e. The van der Waals surface area contributed by atoms with Crippen molar-refractivity contribution in [1.82, 2.24) is 14.5 Å². The Bertz CT molecular complexity index is 766. The van der Waals surface area contributed by atoms with Gasteiger partial charge in [-0.25, -0.2) is 18.7 Å². The SMILES string of the molecule is Nc1ccc(-c2cncn2Cc2ccc(F)cc2F)cn1. The number of imidazole rings is 1. The first-order valence-corrected chi connectivity index (χ1v) is 6.29. The van der Waals surface area contributed by atoms with Crippen LogP contribution >= 0.6 is 0 Å². The fraction of sp³-hybridized carbons (Fsp3) is 0.0667. The van der Waals surface area contributed by atoms with Gasteiger partial charge in [-0.15, -0.1) is 0 Å². The van der Waals surface area contributed by atoms with Crippen molar-refractivity contribution in [2.45, 2.75) is 6.54 Å². The van der Waals surface area contributed by atoms with Crippen LogP contribution in [0.2, 0.25) is 0 Å². The van der Waals surface area contributed by atoms with Gasteiger partial charge in [0.05, 0.1) is 24.8 Å². The molecular formula is C15H12F2N4. The summed E-state index contributed by atoms with van der Waals surface area (Å²) in [6, 6.07) is 7.04. The van der Waals surface area contributed by atoms with Gasteiger partial charge in [-0.3, -0.25) is 0 Å². The quantitative estimate of drug-likeness (QED) is 0.805. The van der Waals surface area contributed by atoms with Crippen LogP contribution < -0.4 is 5.73 Å². The maximum absolute atomic E-state index is 13.7. The minimum Gasteiger partial charge on any atom is -0.384 e. The molecule has 3 aromatic rings. The van der Waals surface area contributed by atoms with E-state index in [1.165, 1.54) is 12.1 Å². The van der Waals surface area contributed by atoms with E-state index in [1.807, 2.05) is 6.07 Å². The number of rotatable bonds is 3. The van der Waals surface area contributed by atoms with Gasteiger partial charge in [-0.2, -0.15) is 0 Å². The van der Waals surface area contributed by atoms with E-state index >= 15 is 0 Å². The molecule has 3 rings (SSSR count). The third-order valence-electron chi connectivity index (χ3n) is 3.15. The summed E-state index contributed by atoms with van der Waals surface area (Å²) in [5, 5.41) is 0. The molecule has 4 nitrogen and oxygen atoms in total. The molecular weight excluding hydrogens is 274 g/mol. The summed E-state index contributed by atoms with van der Waals surface area (Å²) in [5.41, 5.74) is 7.55. The fourth-order valence-corrected chi connectivity index (χ4v) is 2.08. The highest BCUT2D eigenvalue weighted by molar-refractivity contribution is 5.59. The fourth-order valence-electron chi connectivity index (χ4n) is 2.08. The van der Waals surface area contributed by atoms with Gasteiger partial charge in [0.2, 0.25) is 0 Å². The molecule has 0 saturated carbocycles. The summed E-state index contributed by atoms with van der Waals surface area (Å²) < 4.78 is 28.4. The van der Waals surface area contributed by atoms with Crippen molar-refractivity contribution in [1.29, 1.82) is 0 Å². The first kappa shape index (κ1) is 13.2. The first-order valence-electron chi connectivity index (χ1n) is 6.29. The Morgan fingerprint density at radius 3 is 2.67 bits per heavy atom. The van der Waals surface area contributed by atoms with Crippen molar-refractivity contribution in [3.63, 3.8) is 0 Å². The zero-order valence-electron chi connectivity index (χ0n) is 11.0. The molecule has 21 heavy (non-hydrogen) atoms. The molecule has 2 N–H and O–H groups in total. The summed E-state index contributed by atoms with van der Waals surface area (Å²) in [6.07, 6.45) is 4.88. The third kappa shape index (κ3) is 2.74. The van der Waals surface area contributed by atoms with Crippen LogP contribution in [0.1, 0.15) is 5.56 Å². The molecule has 0 atom stereocenters. The Morgan fingerprint density at radius 1 is 1.10 bits per heavy atom. The number of benzene rings is 1. The van der Waals surface area contributed by atoms with Gasteiger partial charge >= 0.3 is 0 Å². The number of anilines is 1. The lowest BCUT2D eigenvalue weighted by atomic mass is 10.2. The van der Waals surface area contributed by atoms with Crippen molar-refractivity contribution in [2.24, 2.45) is 0 Å². The molecule has 6 heteroatoms. The monoisotopic (exact) mass is 286 g/mol. The molecule has 106 valence electrons. The number of nitrogens with two attached hydrogens (primary N) is 1. The molecule has 0 fully saturated rings. The number of nitrogens with zero attached hydrogens (tertiary/aromatic N) is 3. The van der Waals surface area contributed by atoms with Gasteiger partial charge in [0.25, 0.3) is 0 Å². The number of halogens is 2. The van der Waals surface area contributed by atoms with Crippen molar-refractivity contribution in [2.75, 3.05) is 5.73 Å². The van der Waals surface area contributed by atoms with Crippen LogP contribution in [0.25, 0.3) is 11.3 Å². The lowest BCUT2D eigenvalue weighted by Crippen LogP contribution is -2.03. The summed E-state index contributed by atoms with van der Waals surface area (Å²) in [6.45, 7) is 0.256. The maximum Gasteiger partial charge on any atom is 0.131 e. The van der Waals surface area contributed by atoms with Crippen molar-refractivity contribution < 1.29 is 8.78 Å². The molecule has 0 radical (unpaired) electrons. The van der Waals surface area contributed by atoms with Crippen molar-refractivity contribution in [3.05, 3.63) is 66.3 Å². The molecule has 0 aliphatic rings. The number of hydrogen-bond donors (Lipinski definition) is 1. The Hall–Kier alpha value is -2.76. The average Bonchev–Trinajstić information content (AvgIpc) is 2.91. The van der Waals surface area contributed by atoms with Gasteiger partial charge in [-0.05, 0) is 18.2 Å². The normalized spacial score (nSPS) is 10.8. The van der Waals surface area contributed by atoms with Crippen LogP contribution in [0.15, 0.2) is 49.1 Å². The highest BCUT2D eigenvalue weighted by Crippen LogP contribution is 2.20. The third-order valence-corrected chi connectivity index (χ3v) is 3.15. The molecule has 0 aliphatic heterocycles. The zero-order valence-corrected chi connectivity index (χ0v) is 11.0. The van der Waals surface area contributed by atoms with Crippen LogP contribution in [-0.4, -0.2) is 14.5 Å². The molecule has 0 saturated heterocycles. The number of nitrogen functional groups attached to an aromatic ring is 1. The topological polar surface area (TPSA) is 56.7 Å². The maximum atomic E-state index is 13.7. The van der Waals surface area contributed by atoms with E-state index in [1.54, 1.807) is 29.4 Å². The van der Waals surface area contributed by atoms with E-state index in [4.69, 9.17) is 5.73 Å². The highest BCUT2D eigenvalue weighted by atomic mass is 19.1. The summed E-state index contributed by atoms with van der Waals surface area (Å²) in [7, 11) is 0. The lowest BCUT2D eigenvalue weighted by molar-refractivity contribution is 0.566. The van der Waals surface area contributed by atoms with E-state index in [0.717, 1.165) is 17.3 Å². The van der Waals surface area contributed by atoms with Crippen molar-refractivity contribution in [3.8, 4) is 11.3 Å². The summed E-state index contributed by atoms with van der Waals surface area (Å²) in [5.74, 6) is -0.746. The van der Waals surface area contributed by atoms with Gasteiger partial charge in [0.1, 0.15) is 17.5 Å². The molecule has 0 unspecified atom stereocenters. The Morgan fingerprint density at radius 2 is 1.95 bits per heavy atom. The number of pyridine rings is 1. The Labute approximate surface area is 119 Å². The second-order valence-electron chi connectivity index (χ2n) is 4.61. The van der Waals surface area contributed by atoms with Crippen LogP contribution in [0.4, 0.5) is 14.6 Å².